The van der Waals surface area contributed by atoms with Crippen LogP contribution < -0.4 is 20.7 Å². The molecule has 1 aliphatic heterocycles. The summed E-state index contributed by atoms with van der Waals surface area (Å²) in [6.07, 6.45) is 2.65. The molecule has 0 radical (unpaired) electrons. The molecule has 2 aromatic carbocycles. The quantitative estimate of drug-likeness (QED) is 0.675. The molecular formula is C22H26FN5O. The molecule has 29 heavy (non-hydrogen) atoms. The Hall–Kier alpha value is -2.93. The number of nitrogens with zero attached hydrogens (tertiary/aromatic N) is 3. The second kappa shape index (κ2) is 7.83. The van der Waals surface area contributed by atoms with Crippen LogP contribution in [0.5, 0.6) is 5.75 Å². The van der Waals surface area contributed by atoms with Crippen molar-refractivity contribution in [2.75, 3.05) is 30.4 Å². The third kappa shape index (κ3) is 3.82. The lowest BCUT2D eigenvalue weighted by atomic mass is 9.99. The molecule has 1 aromatic heterocycles. The topological polar surface area (TPSA) is 76.3 Å². The van der Waals surface area contributed by atoms with E-state index in [1.165, 1.54) is 6.07 Å². The van der Waals surface area contributed by atoms with Crippen molar-refractivity contribution >= 4 is 28.2 Å². The molecule has 1 atom stereocenters. The summed E-state index contributed by atoms with van der Waals surface area (Å²) in [6, 6.07) is 9.07. The Bertz CT molecular complexity index is 1040. The second-order valence-electron chi connectivity index (χ2n) is 7.75. The van der Waals surface area contributed by atoms with E-state index in [4.69, 9.17) is 10.5 Å². The van der Waals surface area contributed by atoms with E-state index in [1.807, 2.05) is 23.1 Å². The van der Waals surface area contributed by atoms with Crippen molar-refractivity contribution in [1.82, 2.24) is 9.97 Å². The Balaban J connectivity index is 1.64. The number of methoxy groups -OCH3 is 1. The van der Waals surface area contributed by atoms with Crippen LogP contribution in [-0.2, 0) is 0 Å². The van der Waals surface area contributed by atoms with Gasteiger partial charge in [0.25, 0.3) is 0 Å². The number of anilines is 3. The van der Waals surface area contributed by atoms with Crippen LogP contribution in [0.1, 0.15) is 31.7 Å². The summed E-state index contributed by atoms with van der Waals surface area (Å²) in [4.78, 5) is 11.1. The van der Waals surface area contributed by atoms with Gasteiger partial charge in [0.2, 0.25) is 5.95 Å². The number of aromatic nitrogens is 2. The third-order valence-corrected chi connectivity index (χ3v) is 5.32. The van der Waals surface area contributed by atoms with Crippen molar-refractivity contribution in [3.63, 3.8) is 0 Å². The Kier molecular flexibility index (Phi) is 5.24. The molecule has 1 saturated heterocycles. The van der Waals surface area contributed by atoms with Gasteiger partial charge in [-0.2, -0.15) is 0 Å². The Morgan fingerprint density at radius 3 is 2.76 bits per heavy atom. The number of ether oxygens (including phenoxy) is 1. The molecule has 6 nitrogen and oxygen atoms in total. The molecule has 0 bridgehead atoms. The first-order valence-corrected chi connectivity index (χ1v) is 9.87. The molecule has 2 heterocycles. The predicted molar refractivity (Wildman–Crippen MR) is 115 cm³/mol. The fraction of sp³-hybridized carbons (Fsp3) is 0.364. The van der Waals surface area contributed by atoms with Crippen molar-refractivity contribution in [3.8, 4) is 5.75 Å². The highest BCUT2D eigenvalue weighted by Gasteiger charge is 2.22. The molecule has 0 spiro atoms. The fourth-order valence-corrected chi connectivity index (χ4v) is 3.87. The minimum Gasteiger partial charge on any atom is -0.496 e. The van der Waals surface area contributed by atoms with E-state index < -0.39 is 0 Å². The number of hydrogen-bond acceptors (Lipinski definition) is 6. The average Bonchev–Trinajstić information content (AvgIpc) is 3.12. The highest BCUT2D eigenvalue weighted by Crippen LogP contribution is 2.33. The maximum absolute atomic E-state index is 14.7. The van der Waals surface area contributed by atoms with Crippen molar-refractivity contribution in [2.24, 2.45) is 5.73 Å². The zero-order valence-electron chi connectivity index (χ0n) is 16.9. The summed E-state index contributed by atoms with van der Waals surface area (Å²) in [7, 11) is 1.66. The number of benzene rings is 2. The third-order valence-electron chi connectivity index (χ3n) is 5.32. The zero-order valence-corrected chi connectivity index (χ0v) is 16.9. The summed E-state index contributed by atoms with van der Waals surface area (Å²) in [5.41, 5.74) is 8.98. The van der Waals surface area contributed by atoms with Crippen LogP contribution in [-0.4, -0.2) is 36.2 Å². The number of halogens is 1. The molecule has 0 saturated carbocycles. The molecule has 1 fully saturated rings. The first kappa shape index (κ1) is 19.4. The zero-order chi connectivity index (χ0) is 20.5. The van der Waals surface area contributed by atoms with Crippen LogP contribution in [0.4, 0.5) is 21.7 Å². The first-order valence-electron chi connectivity index (χ1n) is 9.87. The number of nitrogens with one attached hydrogen (secondary N) is 1. The molecule has 3 aromatic rings. The largest absolute Gasteiger partial charge is 0.496 e. The van der Waals surface area contributed by atoms with E-state index in [1.54, 1.807) is 19.4 Å². The second-order valence-corrected chi connectivity index (χ2v) is 7.75. The van der Waals surface area contributed by atoms with E-state index >= 15 is 0 Å². The van der Waals surface area contributed by atoms with Crippen LogP contribution >= 0.6 is 0 Å². The maximum atomic E-state index is 14.7. The molecule has 3 N–H and O–H groups in total. The van der Waals surface area contributed by atoms with Gasteiger partial charge in [0.05, 0.1) is 18.3 Å². The lowest BCUT2D eigenvalue weighted by molar-refractivity contribution is 0.408. The van der Waals surface area contributed by atoms with Crippen molar-refractivity contribution in [1.29, 1.82) is 0 Å². The smallest absolute Gasteiger partial charge is 0.227 e. The SMILES string of the molecule is COc1ccc2cnc(Nc3ccc(N4CCC(N)C4)c(F)c3)nc2c1C(C)C. The monoisotopic (exact) mass is 395 g/mol. The van der Waals surface area contributed by atoms with E-state index in [-0.39, 0.29) is 17.8 Å². The molecule has 0 amide bonds. The van der Waals surface area contributed by atoms with Crippen LogP contribution in [0.2, 0.25) is 0 Å². The summed E-state index contributed by atoms with van der Waals surface area (Å²) in [5, 5.41) is 4.06. The lowest BCUT2D eigenvalue weighted by Crippen LogP contribution is -2.26. The Labute approximate surface area is 169 Å². The van der Waals surface area contributed by atoms with Gasteiger partial charge < -0.3 is 20.7 Å². The van der Waals surface area contributed by atoms with E-state index in [0.717, 1.165) is 35.2 Å². The van der Waals surface area contributed by atoms with Gasteiger partial charge in [-0.05, 0) is 42.7 Å². The minimum absolute atomic E-state index is 0.102. The standard InChI is InChI=1S/C22H26FN5O/c1-13(2)20-19(29-3)7-4-14-11-25-22(27-21(14)20)26-16-5-6-18(17(23)10-16)28-9-8-15(24)12-28/h4-7,10-11,13,15H,8-9,12,24H2,1-3H3,(H,25,26,27). The van der Waals surface area contributed by atoms with Crippen molar-refractivity contribution in [3.05, 3.63) is 47.9 Å². The normalized spacial score (nSPS) is 16.6. The Morgan fingerprint density at radius 2 is 2.10 bits per heavy atom. The molecular weight excluding hydrogens is 369 g/mol. The number of fused-ring (bicyclic) bond motifs is 1. The van der Waals surface area contributed by atoms with Crippen molar-refractivity contribution in [2.45, 2.75) is 32.2 Å². The molecule has 4 rings (SSSR count). The fourth-order valence-electron chi connectivity index (χ4n) is 3.87. The van der Waals surface area contributed by atoms with Gasteiger partial charge >= 0.3 is 0 Å². The number of nitrogens with two attached hydrogens (primary N) is 1. The average molecular weight is 395 g/mol. The summed E-state index contributed by atoms with van der Waals surface area (Å²) in [6.45, 7) is 5.66. The van der Waals surface area contributed by atoms with E-state index in [0.29, 0.717) is 23.9 Å². The van der Waals surface area contributed by atoms with Gasteiger partial charge in [0.1, 0.15) is 11.6 Å². The summed E-state index contributed by atoms with van der Waals surface area (Å²) >= 11 is 0. The van der Waals surface area contributed by atoms with E-state index in [2.05, 4.69) is 29.1 Å². The summed E-state index contributed by atoms with van der Waals surface area (Å²) < 4.78 is 20.2. The highest BCUT2D eigenvalue weighted by molar-refractivity contribution is 5.85. The summed E-state index contributed by atoms with van der Waals surface area (Å²) in [5.74, 6) is 1.17. The van der Waals surface area contributed by atoms with E-state index in [9.17, 15) is 4.39 Å². The van der Waals surface area contributed by atoms with Gasteiger partial charge in [-0.25, -0.2) is 14.4 Å². The van der Waals surface area contributed by atoms with Crippen LogP contribution in [0, 0.1) is 5.82 Å². The number of hydrogen-bond donors (Lipinski definition) is 2. The van der Waals surface area contributed by atoms with Crippen LogP contribution in [0.3, 0.4) is 0 Å². The van der Waals surface area contributed by atoms with Gasteiger partial charge in [-0.15, -0.1) is 0 Å². The van der Waals surface area contributed by atoms with Crippen LogP contribution in [0.25, 0.3) is 10.9 Å². The maximum Gasteiger partial charge on any atom is 0.227 e. The Morgan fingerprint density at radius 1 is 1.28 bits per heavy atom. The molecule has 1 unspecified atom stereocenters. The van der Waals surface area contributed by atoms with Crippen molar-refractivity contribution < 1.29 is 9.13 Å². The van der Waals surface area contributed by atoms with Gasteiger partial charge in [0.15, 0.2) is 0 Å². The predicted octanol–water partition coefficient (Wildman–Crippen LogP) is 4.18. The molecule has 152 valence electrons. The van der Waals surface area contributed by atoms with Gasteiger partial charge in [-0.1, -0.05) is 13.8 Å². The minimum atomic E-state index is -0.283. The van der Waals surface area contributed by atoms with Gasteiger partial charge in [-0.3, -0.25) is 0 Å². The van der Waals surface area contributed by atoms with Crippen LogP contribution in [0.15, 0.2) is 36.5 Å². The number of rotatable bonds is 5. The first-order chi connectivity index (χ1) is 14.0. The highest BCUT2D eigenvalue weighted by atomic mass is 19.1. The molecule has 1 aliphatic rings. The molecule has 0 aliphatic carbocycles. The van der Waals surface area contributed by atoms with Gasteiger partial charge in [0, 0.05) is 42.0 Å². The molecule has 7 heteroatoms. The lowest BCUT2D eigenvalue weighted by Gasteiger charge is -2.19.